The van der Waals surface area contributed by atoms with E-state index in [0.29, 0.717) is 0 Å². The van der Waals surface area contributed by atoms with Crippen molar-refractivity contribution in [3.05, 3.63) is 33.1 Å². The van der Waals surface area contributed by atoms with E-state index in [2.05, 4.69) is 4.98 Å². The minimum atomic E-state index is -0.647. The standard InChI is InChI=1S/C11H14ClN3O4/c1-7(2)14(3-4-16)11(17)9-5-8(15(18)19)6-13-10(9)12/h5-7,16H,3-4H2,1-2H3. The van der Waals surface area contributed by atoms with Crippen LogP contribution >= 0.6 is 11.6 Å². The molecule has 0 atom stereocenters. The summed E-state index contributed by atoms with van der Waals surface area (Å²) in [4.78, 5) is 27.3. The molecular formula is C11H14ClN3O4. The molecule has 0 aliphatic heterocycles. The van der Waals surface area contributed by atoms with Gasteiger partial charge in [-0.15, -0.1) is 0 Å². The summed E-state index contributed by atoms with van der Waals surface area (Å²) in [5.74, 6) is -0.495. The maximum atomic E-state index is 12.2. The predicted molar refractivity (Wildman–Crippen MR) is 69.2 cm³/mol. The Morgan fingerprint density at radius 2 is 2.26 bits per heavy atom. The summed E-state index contributed by atoms with van der Waals surface area (Å²) in [5, 5.41) is 19.5. The molecule has 0 radical (unpaired) electrons. The fourth-order valence-corrected chi connectivity index (χ4v) is 1.73. The van der Waals surface area contributed by atoms with E-state index in [9.17, 15) is 14.9 Å². The van der Waals surface area contributed by atoms with E-state index in [0.717, 1.165) is 12.3 Å². The van der Waals surface area contributed by atoms with Crippen molar-refractivity contribution >= 4 is 23.2 Å². The van der Waals surface area contributed by atoms with Crippen LogP contribution in [0.3, 0.4) is 0 Å². The third-order valence-electron chi connectivity index (χ3n) is 2.49. The van der Waals surface area contributed by atoms with E-state index in [-0.39, 0.29) is 35.6 Å². The predicted octanol–water partition coefficient (Wildman–Crippen LogP) is 1.49. The molecule has 0 saturated heterocycles. The summed E-state index contributed by atoms with van der Waals surface area (Å²) in [6.07, 6.45) is 0.991. The van der Waals surface area contributed by atoms with Gasteiger partial charge in [-0.05, 0) is 13.8 Å². The van der Waals surface area contributed by atoms with Gasteiger partial charge in [-0.2, -0.15) is 0 Å². The van der Waals surface area contributed by atoms with Gasteiger partial charge in [0.15, 0.2) is 0 Å². The van der Waals surface area contributed by atoms with Gasteiger partial charge in [0.1, 0.15) is 11.3 Å². The molecule has 0 fully saturated rings. The quantitative estimate of drug-likeness (QED) is 0.503. The number of nitrogens with zero attached hydrogens (tertiary/aromatic N) is 3. The SMILES string of the molecule is CC(C)N(CCO)C(=O)c1cc([N+](=O)[O-])cnc1Cl. The number of hydrogen-bond donors (Lipinski definition) is 1. The van der Waals surface area contributed by atoms with Gasteiger partial charge in [0.2, 0.25) is 0 Å². The smallest absolute Gasteiger partial charge is 0.288 e. The number of aliphatic hydroxyl groups excluding tert-OH is 1. The topological polar surface area (TPSA) is 96.6 Å². The monoisotopic (exact) mass is 287 g/mol. The Kier molecular flexibility index (Phi) is 5.20. The van der Waals surface area contributed by atoms with Crippen LogP contribution in [0, 0.1) is 10.1 Å². The van der Waals surface area contributed by atoms with E-state index in [4.69, 9.17) is 16.7 Å². The van der Waals surface area contributed by atoms with Crippen LogP contribution in [0.5, 0.6) is 0 Å². The lowest BCUT2D eigenvalue weighted by molar-refractivity contribution is -0.385. The number of amides is 1. The first kappa shape index (κ1) is 15.3. The first-order chi connectivity index (χ1) is 8.88. The van der Waals surface area contributed by atoms with Gasteiger partial charge in [-0.3, -0.25) is 14.9 Å². The molecule has 1 amide bonds. The van der Waals surface area contributed by atoms with E-state index in [1.165, 1.54) is 4.90 Å². The summed E-state index contributed by atoms with van der Waals surface area (Å²) < 4.78 is 0. The summed E-state index contributed by atoms with van der Waals surface area (Å²) in [5.41, 5.74) is -0.349. The highest BCUT2D eigenvalue weighted by atomic mass is 35.5. The lowest BCUT2D eigenvalue weighted by Gasteiger charge is -2.26. The average Bonchev–Trinajstić information content (AvgIpc) is 2.35. The zero-order valence-electron chi connectivity index (χ0n) is 10.5. The second kappa shape index (κ2) is 6.44. The van der Waals surface area contributed by atoms with Crippen molar-refractivity contribution in [1.82, 2.24) is 9.88 Å². The number of aromatic nitrogens is 1. The number of hydrogen-bond acceptors (Lipinski definition) is 5. The molecule has 8 heteroatoms. The third-order valence-corrected chi connectivity index (χ3v) is 2.79. The normalized spacial score (nSPS) is 10.6. The molecule has 19 heavy (non-hydrogen) atoms. The highest BCUT2D eigenvalue weighted by molar-refractivity contribution is 6.32. The van der Waals surface area contributed by atoms with Crippen molar-refractivity contribution < 1.29 is 14.8 Å². The molecule has 0 aliphatic carbocycles. The van der Waals surface area contributed by atoms with Gasteiger partial charge < -0.3 is 10.0 Å². The van der Waals surface area contributed by atoms with E-state index >= 15 is 0 Å². The minimum Gasteiger partial charge on any atom is -0.395 e. The molecule has 0 bridgehead atoms. The molecule has 1 N–H and O–H groups in total. The number of rotatable bonds is 5. The second-order valence-corrected chi connectivity index (χ2v) is 4.46. The fraction of sp³-hybridized carbons (Fsp3) is 0.455. The van der Waals surface area contributed by atoms with Crippen LogP contribution in [0.25, 0.3) is 0 Å². The highest BCUT2D eigenvalue weighted by Gasteiger charge is 2.23. The maximum absolute atomic E-state index is 12.2. The van der Waals surface area contributed by atoms with E-state index in [1.54, 1.807) is 13.8 Å². The molecule has 7 nitrogen and oxygen atoms in total. The Morgan fingerprint density at radius 3 is 2.74 bits per heavy atom. The van der Waals surface area contributed by atoms with Gasteiger partial charge in [-0.1, -0.05) is 11.6 Å². The van der Waals surface area contributed by atoms with Gasteiger partial charge >= 0.3 is 0 Å². The van der Waals surface area contributed by atoms with Crippen molar-refractivity contribution in [3.8, 4) is 0 Å². The van der Waals surface area contributed by atoms with Crippen LogP contribution in [0.15, 0.2) is 12.3 Å². The maximum Gasteiger partial charge on any atom is 0.288 e. The summed E-state index contributed by atoms with van der Waals surface area (Å²) in [6.45, 7) is 3.46. The Morgan fingerprint density at radius 1 is 1.63 bits per heavy atom. The number of carbonyl (C=O) groups excluding carboxylic acids is 1. The molecule has 1 aromatic rings. The molecule has 104 valence electrons. The molecule has 1 rings (SSSR count). The lowest BCUT2D eigenvalue weighted by atomic mass is 10.2. The van der Waals surface area contributed by atoms with Gasteiger partial charge in [0.25, 0.3) is 11.6 Å². The van der Waals surface area contributed by atoms with Gasteiger partial charge in [0.05, 0.1) is 17.1 Å². The van der Waals surface area contributed by atoms with E-state index in [1.807, 2.05) is 0 Å². The molecule has 0 aromatic carbocycles. The Balaban J connectivity index is 3.16. The fourth-order valence-electron chi connectivity index (χ4n) is 1.54. The molecule has 0 aliphatic rings. The number of nitro groups is 1. The molecular weight excluding hydrogens is 274 g/mol. The number of aliphatic hydroxyl groups is 1. The summed E-state index contributed by atoms with van der Waals surface area (Å²) >= 11 is 5.80. The van der Waals surface area contributed by atoms with Crippen molar-refractivity contribution in [2.75, 3.05) is 13.2 Å². The van der Waals surface area contributed by atoms with Crippen LogP contribution in [0.1, 0.15) is 24.2 Å². The van der Waals surface area contributed by atoms with E-state index < -0.39 is 10.8 Å². The molecule has 1 heterocycles. The summed E-state index contributed by atoms with van der Waals surface area (Å²) in [6, 6.07) is 0.916. The van der Waals surface area contributed by atoms with Crippen LogP contribution in [-0.4, -0.2) is 45.0 Å². The zero-order chi connectivity index (χ0) is 14.6. The largest absolute Gasteiger partial charge is 0.395 e. The zero-order valence-corrected chi connectivity index (χ0v) is 11.3. The average molecular weight is 288 g/mol. The van der Waals surface area contributed by atoms with Crippen LogP contribution in [0.2, 0.25) is 5.15 Å². The summed E-state index contributed by atoms with van der Waals surface area (Å²) in [7, 11) is 0. The minimum absolute atomic E-state index is 0.0435. The number of pyridine rings is 1. The Hall–Kier alpha value is -1.73. The van der Waals surface area contributed by atoms with Crippen molar-refractivity contribution in [1.29, 1.82) is 0 Å². The number of halogens is 1. The van der Waals surface area contributed by atoms with Gasteiger partial charge in [0, 0.05) is 18.7 Å². The van der Waals surface area contributed by atoms with Crippen molar-refractivity contribution in [3.63, 3.8) is 0 Å². The lowest BCUT2D eigenvalue weighted by Crippen LogP contribution is -2.39. The highest BCUT2D eigenvalue weighted by Crippen LogP contribution is 2.21. The van der Waals surface area contributed by atoms with Crippen molar-refractivity contribution in [2.24, 2.45) is 0 Å². The molecule has 1 aromatic heterocycles. The van der Waals surface area contributed by atoms with Gasteiger partial charge in [-0.25, -0.2) is 4.98 Å². The molecule has 0 spiro atoms. The Bertz CT molecular complexity index is 493. The van der Waals surface area contributed by atoms with Crippen LogP contribution in [0.4, 0.5) is 5.69 Å². The van der Waals surface area contributed by atoms with Crippen molar-refractivity contribution in [2.45, 2.75) is 19.9 Å². The molecule has 0 unspecified atom stereocenters. The second-order valence-electron chi connectivity index (χ2n) is 4.10. The first-order valence-electron chi connectivity index (χ1n) is 5.60. The molecule has 0 saturated carbocycles. The van der Waals surface area contributed by atoms with Crippen LogP contribution < -0.4 is 0 Å². The first-order valence-corrected chi connectivity index (χ1v) is 5.98. The number of carbonyl (C=O) groups is 1. The Labute approximate surface area is 115 Å². The van der Waals surface area contributed by atoms with Crippen LogP contribution in [-0.2, 0) is 0 Å². The third kappa shape index (κ3) is 3.62.